The van der Waals surface area contributed by atoms with Crippen molar-refractivity contribution >= 4 is 10.8 Å². The summed E-state index contributed by atoms with van der Waals surface area (Å²) in [6.07, 6.45) is 0. The molecule has 0 fully saturated rings. The van der Waals surface area contributed by atoms with E-state index in [0.29, 0.717) is 0 Å². The van der Waals surface area contributed by atoms with Gasteiger partial charge in [-0.1, -0.05) is 29.8 Å². The second kappa shape index (κ2) is 6.87. The number of rotatable bonds is 5. The Morgan fingerprint density at radius 1 is 1.05 bits per heavy atom. The maximum Gasteiger partial charge on any atom is 0.118 e. The molecule has 0 spiro atoms. The molecule has 3 atom stereocenters. The Kier molecular flexibility index (Phi) is 5.15. The number of hydrogen-bond donors (Lipinski definition) is 1. The third-order valence-electron chi connectivity index (χ3n) is 3.60. The van der Waals surface area contributed by atoms with E-state index in [0.717, 1.165) is 16.2 Å². The van der Waals surface area contributed by atoms with Gasteiger partial charge in [0, 0.05) is 10.9 Å². The molecular weight excluding hydrogens is 282 g/mol. The lowest BCUT2D eigenvalue weighted by Gasteiger charge is -2.20. The van der Waals surface area contributed by atoms with Crippen molar-refractivity contribution in [2.24, 2.45) is 5.73 Å². The molecule has 2 aromatic rings. The summed E-state index contributed by atoms with van der Waals surface area (Å²) in [5.41, 5.74) is 8.46. The van der Waals surface area contributed by atoms with Gasteiger partial charge in [-0.3, -0.25) is 4.21 Å². The van der Waals surface area contributed by atoms with E-state index in [1.54, 1.807) is 7.11 Å². The van der Waals surface area contributed by atoms with Gasteiger partial charge in [-0.2, -0.15) is 0 Å². The van der Waals surface area contributed by atoms with Crippen molar-refractivity contribution in [3.05, 3.63) is 59.7 Å². The van der Waals surface area contributed by atoms with Gasteiger partial charge in [-0.05, 0) is 43.7 Å². The first kappa shape index (κ1) is 15.7. The lowest BCUT2D eigenvalue weighted by molar-refractivity contribution is 0.414. The highest BCUT2D eigenvalue weighted by Gasteiger charge is 2.22. The number of benzene rings is 2. The Balaban J connectivity index is 2.15. The summed E-state index contributed by atoms with van der Waals surface area (Å²) in [7, 11) is 0.458. The van der Waals surface area contributed by atoms with Crippen LogP contribution in [0.15, 0.2) is 53.4 Å². The lowest BCUT2D eigenvalue weighted by atomic mass is 10.0. The molecule has 0 aliphatic rings. The van der Waals surface area contributed by atoms with E-state index in [4.69, 9.17) is 10.5 Å². The predicted molar refractivity (Wildman–Crippen MR) is 87.0 cm³/mol. The second-order valence-corrected chi connectivity index (χ2v) is 6.92. The molecule has 0 saturated carbocycles. The number of methoxy groups -OCH3 is 1. The van der Waals surface area contributed by atoms with E-state index in [1.807, 2.05) is 62.4 Å². The van der Waals surface area contributed by atoms with Crippen LogP contribution in [-0.4, -0.2) is 16.6 Å². The van der Waals surface area contributed by atoms with E-state index in [-0.39, 0.29) is 11.3 Å². The van der Waals surface area contributed by atoms with Crippen molar-refractivity contribution < 1.29 is 8.95 Å². The lowest BCUT2D eigenvalue weighted by Crippen LogP contribution is -2.27. The molecular formula is C17H21NO2S. The van der Waals surface area contributed by atoms with Crippen LogP contribution in [0.25, 0.3) is 0 Å². The van der Waals surface area contributed by atoms with Gasteiger partial charge in [0.2, 0.25) is 0 Å². The maximum atomic E-state index is 12.6. The molecule has 4 heteroatoms. The van der Waals surface area contributed by atoms with Crippen LogP contribution in [0, 0.1) is 6.92 Å². The molecule has 0 bridgehead atoms. The molecule has 0 radical (unpaired) electrons. The van der Waals surface area contributed by atoms with Crippen molar-refractivity contribution in [3.63, 3.8) is 0 Å². The first-order valence-corrected chi connectivity index (χ1v) is 8.11. The Morgan fingerprint density at radius 2 is 1.62 bits per heavy atom. The fourth-order valence-corrected chi connectivity index (χ4v) is 3.37. The molecule has 0 amide bonds. The van der Waals surface area contributed by atoms with E-state index in [2.05, 4.69) is 0 Å². The van der Waals surface area contributed by atoms with E-state index >= 15 is 0 Å². The van der Waals surface area contributed by atoms with Crippen LogP contribution in [0.4, 0.5) is 0 Å². The summed E-state index contributed by atoms with van der Waals surface area (Å²) < 4.78 is 17.7. The van der Waals surface area contributed by atoms with Gasteiger partial charge in [-0.25, -0.2) is 0 Å². The van der Waals surface area contributed by atoms with Crippen LogP contribution >= 0.6 is 0 Å². The number of hydrogen-bond acceptors (Lipinski definition) is 3. The van der Waals surface area contributed by atoms with Crippen molar-refractivity contribution in [2.45, 2.75) is 30.0 Å². The van der Waals surface area contributed by atoms with Gasteiger partial charge in [-0.15, -0.1) is 0 Å². The van der Waals surface area contributed by atoms with Crippen molar-refractivity contribution in [3.8, 4) is 5.75 Å². The Hall–Kier alpha value is -1.65. The topological polar surface area (TPSA) is 52.3 Å². The van der Waals surface area contributed by atoms with Crippen LogP contribution in [-0.2, 0) is 10.8 Å². The minimum Gasteiger partial charge on any atom is -0.497 e. The molecule has 2 rings (SSSR count). The quantitative estimate of drug-likeness (QED) is 0.923. The Labute approximate surface area is 128 Å². The van der Waals surface area contributed by atoms with Crippen LogP contribution in [0.2, 0.25) is 0 Å². The fourth-order valence-electron chi connectivity index (χ4n) is 2.12. The summed E-state index contributed by atoms with van der Waals surface area (Å²) in [6.45, 7) is 3.96. The average molecular weight is 303 g/mol. The first-order valence-electron chi connectivity index (χ1n) is 6.89. The van der Waals surface area contributed by atoms with Crippen LogP contribution < -0.4 is 10.5 Å². The molecule has 0 aliphatic heterocycles. The van der Waals surface area contributed by atoms with Crippen LogP contribution in [0.3, 0.4) is 0 Å². The van der Waals surface area contributed by atoms with E-state index in [1.165, 1.54) is 5.56 Å². The SMILES string of the molecule is COc1ccc(S(=O)C(C)C(N)c2ccc(C)cc2)cc1. The summed E-state index contributed by atoms with van der Waals surface area (Å²) in [6, 6.07) is 15.1. The summed E-state index contributed by atoms with van der Waals surface area (Å²) >= 11 is 0. The third kappa shape index (κ3) is 3.71. The normalized spacial score (nSPS) is 15.2. The van der Waals surface area contributed by atoms with Crippen LogP contribution in [0.1, 0.15) is 24.1 Å². The highest BCUT2D eigenvalue weighted by molar-refractivity contribution is 7.85. The Morgan fingerprint density at radius 3 is 2.14 bits per heavy atom. The fraction of sp³-hybridized carbons (Fsp3) is 0.294. The zero-order chi connectivity index (χ0) is 15.4. The van der Waals surface area contributed by atoms with Crippen molar-refractivity contribution in [1.82, 2.24) is 0 Å². The van der Waals surface area contributed by atoms with Gasteiger partial charge in [0.15, 0.2) is 0 Å². The molecule has 2 aromatic carbocycles. The minimum atomic E-state index is -1.15. The zero-order valence-corrected chi connectivity index (χ0v) is 13.4. The van der Waals surface area contributed by atoms with Gasteiger partial charge in [0.05, 0.1) is 23.2 Å². The second-order valence-electron chi connectivity index (χ2n) is 5.11. The molecule has 21 heavy (non-hydrogen) atoms. The van der Waals surface area contributed by atoms with Crippen LogP contribution in [0.5, 0.6) is 5.75 Å². The number of aryl methyl sites for hydroxylation is 1. The maximum absolute atomic E-state index is 12.6. The molecule has 3 nitrogen and oxygen atoms in total. The van der Waals surface area contributed by atoms with Gasteiger partial charge in [0.25, 0.3) is 0 Å². The highest BCUT2D eigenvalue weighted by atomic mass is 32.2. The number of ether oxygens (including phenoxy) is 1. The third-order valence-corrected chi connectivity index (χ3v) is 5.30. The molecule has 3 unspecified atom stereocenters. The number of nitrogens with two attached hydrogens (primary N) is 1. The Bertz CT molecular complexity index is 608. The van der Waals surface area contributed by atoms with E-state index < -0.39 is 10.8 Å². The monoisotopic (exact) mass is 303 g/mol. The summed E-state index contributed by atoms with van der Waals surface area (Å²) in [5, 5.41) is -0.166. The first-order chi connectivity index (χ1) is 10.0. The largest absolute Gasteiger partial charge is 0.497 e. The van der Waals surface area contributed by atoms with Crippen molar-refractivity contribution in [2.75, 3.05) is 7.11 Å². The molecule has 0 saturated heterocycles. The van der Waals surface area contributed by atoms with Gasteiger partial charge in [0.1, 0.15) is 5.75 Å². The molecule has 2 N–H and O–H groups in total. The molecule has 0 aromatic heterocycles. The van der Waals surface area contributed by atoms with Crippen molar-refractivity contribution in [1.29, 1.82) is 0 Å². The van der Waals surface area contributed by atoms with Gasteiger partial charge >= 0.3 is 0 Å². The van der Waals surface area contributed by atoms with Gasteiger partial charge < -0.3 is 10.5 Å². The highest BCUT2D eigenvalue weighted by Crippen LogP contribution is 2.24. The predicted octanol–water partition coefficient (Wildman–Crippen LogP) is 3.20. The smallest absolute Gasteiger partial charge is 0.118 e. The van der Waals surface area contributed by atoms with E-state index in [9.17, 15) is 4.21 Å². The summed E-state index contributed by atoms with van der Waals surface area (Å²) in [5.74, 6) is 0.756. The molecule has 112 valence electrons. The standard InChI is InChI=1S/C17H21NO2S/c1-12-4-6-14(7-5-12)17(18)13(2)21(19)16-10-8-15(20-3)9-11-16/h4-11,13,17H,18H2,1-3H3. The molecule has 0 heterocycles. The zero-order valence-electron chi connectivity index (χ0n) is 12.6. The minimum absolute atomic E-state index is 0.166. The average Bonchev–Trinajstić information content (AvgIpc) is 2.53. The molecule has 0 aliphatic carbocycles. The summed E-state index contributed by atoms with van der Waals surface area (Å²) in [4.78, 5) is 0.769.